The zero-order valence-corrected chi connectivity index (χ0v) is 16.7. The second kappa shape index (κ2) is 8.70. The van der Waals surface area contributed by atoms with Gasteiger partial charge >= 0.3 is 0 Å². The minimum absolute atomic E-state index is 0.0338. The standard InChI is InChI=1S/C22H31N3O2/c1-16(2)15-19-17(3)23-21(18-9-5-6-10-20(18)26)25(22(19)27)14-13-24-11-7-4-8-12-24/h5-6,9-10,16,26H,4,7-8,11-15H2,1-3H3. The third-order valence-electron chi connectivity index (χ3n) is 5.32. The molecule has 0 aliphatic carbocycles. The van der Waals surface area contributed by atoms with E-state index in [1.165, 1.54) is 19.3 Å². The molecule has 1 N–H and O–H groups in total. The second-order valence-electron chi connectivity index (χ2n) is 7.97. The maximum Gasteiger partial charge on any atom is 0.257 e. The van der Waals surface area contributed by atoms with Crippen molar-refractivity contribution in [3.63, 3.8) is 0 Å². The summed E-state index contributed by atoms with van der Waals surface area (Å²) in [6.45, 7) is 9.77. The summed E-state index contributed by atoms with van der Waals surface area (Å²) in [6.07, 6.45) is 4.48. The summed E-state index contributed by atoms with van der Waals surface area (Å²) >= 11 is 0. The average molecular weight is 370 g/mol. The molecule has 0 unspecified atom stereocenters. The molecule has 27 heavy (non-hydrogen) atoms. The number of phenolic OH excluding ortho intramolecular Hbond substituents is 1. The number of piperidine rings is 1. The van der Waals surface area contributed by atoms with Crippen LogP contribution in [0.2, 0.25) is 0 Å². The highest BCUT2D eigenvalue weighted by atomic mass is 16.3. The van der Waals surface area contributed by atoms with Gasteiger partial charge in [0, 0.05) is 24.3 Å². The van der Waals surface area contributed by atoms with Crippen molar-refractivity contribution in [3.8, 4) is 17.1 Å². The van der Waals surface area contributed by atoms with E-state index in [-0.39, 0.29) is 11.3 Å². The number of hydrogen-bond acceptors (Lipinski definition) is 4. The summed E-state index contributed by atoms with van der Waals surface area (Å²) in [4.78, 5) is 20.5. The van der Waals surface area contributed by atoms with E-state index in [0.717, 1.165) is 37.3 Å². The lowest BCUT2D eigenvalue weighted by molar-refractivity contribution is 0.220. The van der Waals surface area contributed by atoms with Crippen molar-refractivity contribution < 1.29 is 5.11 Å². The van der Waals surface area contributed by atoms with Crippen LogP contribution in [0.15, 0.2) is 29.1 Å². The maximum absolute atomic E-state index is 13.3. The molecule has 0 amide bonds. The number of likely N-dealkylation sites (tertiary alicyclic amines) is 1. The monoisotopic (exact) mass is 369 g/mol. The highest BCUT2D eigenvalue weighted by molar-refractivity contribution is 5.64. The van der Waals surface area contributed by atoms with E-state index < -0.39 is 0 Å². The highest BCUT2D eigenvalue weighted by Crippen LogP contribution is 2.27. The largest absolute Gasteiger partial charge is 0.507 e. The van der Waals surface area contributed by atoms with Gasteiger partial charge in [-0.2, -0.15) is 0 Å². The van der Waals surface area contributed by atoms with Crippen LogP contribution < -0.4 is 5.56 Å². The number of rotatable bonds is 6. The van der Waals surface area contributed by atoms with E-state index >= 15 is 0 Å². The number of aromatic nitrogens is 2. The van der Waals surface area contributed by atoms with Crippen LogP contribution in [0.3, 0.4) is 0 Å². The van der Waals surface area contributed by atoms with Gasteiger partial charge in [-0.15, -0.1) is 0 Å². The number of phenols is 1. The Labute approximate surface area is 161 Å². The minimum Gasteiger partial charge on any atom is -0.507 e. The summed E-state index contributed by atoms with van der Waals surface area (Å²) in [6, 6.07) is 7.13. The Morgan fingerprint density at radius 2 is 1.81 bits per heavy atom. The van der Waals surface area contributed by atoms with Gasteiger partial charge in [0.05, 0.1) is 5.56 Å². The predicted molar refractivity (Wildman–Crippen MR) is 109 cm³/mol. The molecule has 1 saturated heterocycles. The Kier molecular flexibility index (Phi) is 6.32. The van der Waals surface area contributed by atoms with Crippen molar-refractivity contribution in [1.29, 1.82) is 0 Å². The zero-order valence-electron chi connectivity index (χ0n) is 16.7. The first-order chi connectivity index (χ1) is 13.0. The third-order valence-corrected chi connectivity index (χ3v) is 5.32. The predicted octanol–water partition coefficient (Wildman–Crippen LogP) is 3.61. The van der Waals surface area contributed by atoms with Crippen molar-refractivity contribution in [2.45, 2.75) is 53.0 Å². The molecular weight excluding hydrogens is 338 g/mol. The van der Waals surface area contributed by atoms with E-state index in [0.29, 0.717) is 23.9 Å². The summed E-state index contributed by atoms with van der Waals surface area (Å²) in [5.74, 6) is 1.12. The molecule has 2 heterocycles. The molecule has 1 aliphatic heterocycles. The number of nitrogens with zero attached hydrogens (tertiary/aromatic N) is 3. The average Bonchev–Trinajstić information content (AvgIpc) is 2.65. The summed E-state index contributed by atoms with van der Waals surface area (Å²) in [7, 11) is 0. The number of para-hydroxylation sites is 1. The van der Waals surface area contributed by atoms with Gasteiger partial charge in [0.25, 0.3) is 5.56 Å². The molecule has 0 bridgehead atoms. The number of benzene rings is 1. The van der Waals surface area contributed by atoms with E-state index in [4.69, 9.17) is 4.98 Å². The summed E-state index contributed by atoms with van der Waals surface area (Å²) < 4.78 is 1.77. The number of aromatic hydroxyl groups is 1. The van der Waals surface area contributed by atoms with E-state index in [1.54, 1.807) is 16.7 Å². The Morgan fingerprint density at radius 1 is 1.11 bits per heavy atom. The Hall–Kier alpha value is -2.14. The van der Waals surface area contributed by atoms with Crippen molar-refractivity contribution in [2.24, 2.45) is 5.92 Å². The Balaban J connectivity index is 2.02. The molecule has 3 rings (SSSR count). The van der Waals surface area contributed by atoms with Crippen LogP contribution in [0.1, 0.15) is 44.4 Å². The summed E-state index contributed by atoms with van der Waals surface area (Å²) in [5.41, 5.74) is 2.21. The van der Waals surface area contributed by atoms with Crippen LogP contribution in [0.25, 0.3) is 11.4 Å². The normalized spacial score (nSPS) is 15.4. The van der Waals surface area contributed by atoms with Crippen molar-refractivity contribution >= 4 is 0 Å². The van der Waals surface area contributed by atoms with Gasteiger partial charge in [-0.1, -0.05) is 32.4 Å². The lowest BCUT2D eigenvalue weighted by Gasteiger charge is -2.27. The fraction of sp³-hybridized carbons (Fsp3) is 0.545. The molecule has 146 valence electrons. The smallest absolute Gasteiger partial charge is 0.257 e. The van der Waals surface area contributed by atoms with Crippen LogP contribution in [0.5, 0.6) is 5.75 Å². The van der Waals surface area contributed by atoms with Crippen LogP contribution >= 0.6 is 0 Å². The van der Waals surface area contributed by atoms with Gasteiger partial charge in [-0.05, 0) is 57.3 Å². The molecule has 5 nitrogen and oxygen atoms in total. The SMILES string of the molecule is Cc1nc(-c2ccccc2O)n(CCN2CCCCC2)c(=O)c1CC(C)C. The van der Waals surface area contributed by atoms with Gasteiger partial charge < -0.3 is 10.0 Å². The topological polar surface area (TPSA) is 58.4 Å². The first kappa shape index (κ1) is 19.6. The molecule has 5 heteroatoms. The fourth-order valence-corrected chi connectivity index (χ4v) is 3.84. The lowest BCUT2D eigenvalue weighted by atomic mass is 10.0. The van der Waals surface area contributed by atoms with Gasteiger partial charge in [0.2, 0.25) is 0 Å². The molecule has 0 spiro atoms. The summed E-state index contributed by atoms with van der Waals surface area (Å²) in [5, 5.41) is 10.3. The first-order valence-electron chi connectivity index (χ1n) is 10.1. The molecule has 0 radical (unpaired) electrons. The molecule has 1 aliphatic rings. The first-order valence-corrected chi connectivity index (χ1v) is 10.1. The van der Waals surface area contributed by atoms with Crippen LogP contribution in [-0.2, 0) is 13.0 Å². The molecule has 2 aromatic rings. The number of aryl methyl sites for hydroxylation is 1. The molecule has 1 aromatic carbocycles. The molecule has 1 fully saturated rings. The van der Waals surface area contributed by atoms with Crippen molar-refractivity contribution in [3.05, 3.63) is 45.9 Å². The van der Waals surface area contributed by atoms with Crippen molar-refractivity contribution in [2.75, 3.05) is 19.6 Å². The Morgan fingerprint density at radius 3 is 2.48 bits per heavy atom. The van der Waals surface area contributed by atoms with Gasteiger partial charge in [-0.25, -0.2) is 4.98 Å². The van der Waals surface area contributed by atoms with Gasteiger partial charge in [0.15, 0.2) is 0 Å². The fourth-order valence-electron chi connectivity index (χ4n) is 3.84. The lowest BCUT2D eigenvalue weighted by Crippen LogP contribution is -2.36. The molecule has 1 aromatic heterocycles. The van der Waals surface area contributed by atoms with E-state index in [9.17, 15) is 9.90 Å². The minimum atomic E-state index is 0.0338. The van der Waals surface area contributed by atoms with E-state index in [1.807, 2.05) is 19.1 Å². The Bertz CT molecular complexity index is 836. The quantitative estimate of drug-likeness (QED) is 0.845. The highest BCUT2D eigenvalue weighted by Gasteiger charge is 2.19. The van der Waals surface area contributed by atoms with Crippen LogP contribution in [0, 0.1) is 12.8 Å². The van der Waals surface area contributed by atoms with E-state index in [2.05, 4.69) is 18.7 Å². The second-order valence-corrected chi connectivity index (χ2v) is 7.97. The van der Waals surface area contributed by atoms with Gasteiger partial charge in [-0.3, -0.25) is 9.36 Å². The molecule has 0 atom stereocenters. The van der Waals surface area contributed by atoms with Crippen LogP contribution in [-0.4, -0.2) is 39.2 Å². The third kappa shape index (κ3) is 4.59. The van der Waals surface area contributed by atoms with Crippen molar-refractivity contribution in [1.82, 2.24) is 14.5 Å². The van der Waals surface area contributed by atoms with Crippen LogP contribution in [0.4, 0.5) is 0 Å². The zero-order chi connectivity index (χ0) is 19.4. The maximum atomic E-state index is 13.3. The number of hydrogen-bond donors (Lipinski definition) is 1. The molecule has 0 saturated carbocycles. The van der Waals surface area contributed by atoms with Gasteiger partial charge in [0.1, 0.15) is 11.6 Å². The molecular formula is C22H31N3O2.